The molecule has 98 valence electrons. The lowest BCUT2D eigenvalue weighted by Crippen LogP contribution is -1.95. The monoisotopic (exact) mass is 308 g/mol. The van der Waals surface area contributed by atoms with Crippen LogP contribution in [0.3, 0.4) is 0 Å². The number of anilines is 1. The number of thiophene rings is 1. The van der Waals surface area contributed by atoms with Gasteiger partial charge in [0.25, 0.3) is 0 Å². The van der Waals surface area contributed by atoms with Crippen LogP contribution in [-0.4, -0.2) is 4.98 Å². The van der Waals surface area contributed by atoms with Crippen molar-refractivity contribution in [3.63, 3.8) is 0 Å². The average Bonchev–Trinajstić information content (AvgIpc) is 3.01. The van der Waals surface area contributed by atoms with Crippen LogP contribution in [0.15, 0.2) is 30.3 Å². The zero-order chi connectivity index (χ0) is 13.2. The fourth-order valence-electron chi connectivity index (χ4n) is 1.84. The minimum atomic E-state index is 0.758. The number of aromatic nitrogens is 1. The summed E-state index contributed by atoms with van der Waals surface area (Å²) in [5.74, 6) is 0. The molecule has 19 heavy (non-hydrogen) atoms. The number of halogens is 1. The Hall–Kier alpha value is -1.10. The Labute approximate surface area is 125 Å². The molecule has 0 saturated carbocycles. The molecule has 2 aromatic heterocycles. The second-order valence-corrected chi connectivity index (χ2v) is 6.93. The quantitative estimate of drug-likeness (QED) is 0.718. The van der Waals surface area contributed by atoms with Gasteiger partial charge in [-0.3, -0.25) is 0 Å². The molecule has 0 aliphatic heterocycles. The Balaban J connectivity index is 1.74. The van der Waals surface area contributed by atoms with Crippen molar-refractivity contribution in [1.82, 2.24) is 4.98 Å². The standard InChI is InChI=1S/C14H13ClN2S2/c1-2-10-4-5-11(18-10)8-16-14-17-12-6-3-9(15)7-13(12)19-14/h3-7H,2,8H2,1H3,(H,16,17). The van der Waals surface area contributed by atoms with Gasteiger partial charge in [0.05, 0.1) is 16.8 Å². The van der Waals surface area contributed by atoms with Gasteiger partial charge in [-0.05, 0) is 36.8 Å². The lowest BCUT2D eigenvalue weighted by Gasteiger charge is -1.98. The minimum absolute atomic E-state index is 0.758. The SMILES string of the molecule is CCc1ccc(CNc2nc3ccc(Cl)cc3s2)s1. The van der Waals surface area contributed by atoms with Crippen LogP contribution in [0.5, 0.6) is 0 Å². The Bertz CT molecular complexity index is 702. The molecule has 0 aliphatic rings. The van der Waals surface area contributed by atoms with Crippen molar-refractivity contribution >= 4 is 49.6 Å². The summed E-state index contributed by atoms with van der Waals surface area (Å²) >= 11 is 9.48. The van der Waals surface area contributed by atoms with Crippen LogP contribution in [0.1, 0.15) is 16.7 Å². The summed E-state index contributed by atoms with van der Waals surface area (Å²) in [6.45, 7) is 3.01. The molecule has 0 aliphatic carbocycles. The maximum absolute atomic E-state index is 5.98. The van der Waals surface area contributed by atoms with E-state index >= 15 is 0 Å². The molecule has 0 radical (unpaired) electrons. The number of benzene rings is 1. The number of aryl methyl sites for hydroxylation is 1. The van der Waals surface area contributed by atoms with Crippen molar-refractivity contribution in [2.45, 2.75) is 19.9 Å². The molecule has 3 aromatic rings. The highest BCUT2D eigenvalue weighted by Gasteiger charge is 2.05. The summed E-state index contributed by atoms with van der Waals surface area (Å²) in [5.41, 5.74) is 0.998. The maximum atomic E-state index is 5.98. The molecule has 0 fully saturated rings. The summed E-state index contributed by atoms with van der Waals surface area (Å²) in [7, 11) is 0. The lowest BCUT2D eigenvalue weighted by molar-refractivity contribution is 1.18. The van der Waals surface area contributed by atoms with E-state index in [1.165, 1.54) is 9.75 Å². The molecule has 2 heterocycles. The molecule has 0 saturated heterocycles. The number of rotatable bonds is 4. The van der Waals surface area contributed by atoms with Crippen molar-refractivity contribution in [1.29, 1.82) is 0 Å². The lowest BCUT2D eigenvalue weighted by atomic mass is 10.3. The molecule has 1 N–H and O–H groups in total. The van der Waals surface area contributed by atoms with Gasteiger partial charge in [0.15, 0.2) is 5.13 Å². The number of nitrogens with zero attached hydrogens (tertiary/aromatic N) is 1. The van der Waals surface area contributed by atoms with E-state index in [9.17, 15) is 0 Å². The van der Waals surface area contributed by atoms with E-state index in [0.717, 1.165) is 33.3 Å². The van der Waals surface area contributed by atoms with Gasteiger partial charge in [0.2, 0.25) is 0 Å². The van der Waals surface area contributed by atoms with E-state index in [2.05, 4.69) is 29.4 Å². The van der Waals surface area contributed by atoms with Crippen LogP contribution in [0.25, 0.3) is 10.2 Å². The largest absolute Gasteiger partial charge is 0.357 e. The van der Waals surface area contributed by atoms with Crippen LogP contribution in [0.2, 0.25) is 5.02 Å². The minimum Gasteiger partial charge on any atom is -0.357 e. The van der Waals surface area contributed by atoms with E-state index in [4.69, 9.17) is 11.6 Å². The highest BCUT2D eigenvalue weighted by atomic mass is 35.5. The molecule has 0 amide bonds. The molecule has 0 bridgehead atoms. The first-order valence-electron chi connectivity index (χ1n) is 6.12. The second-order valence-electron chi connectivity index (χ2n) is 4.21. The third-order valence-corrected chi connectivity index (χ3v) is 5.27. The van der Waals surface area contributed by atoms with Crippen molar-refractivity contribution in [2.24, 2.45) is 0 Å². The third kappa shape index (κ3) is 2.91. The smallest absolute Gasteiger partial charge is 0.184 e. The first-order chi connectivity index (χ1) is 9.24. The Morgan fingerprint density at radius 3 is 2.79 bits per heavy atom. The highest BCUT2D eigenvalue weighted by Crippen LogP contribution is 2.29. The van der Waals surface area contributed by atoms with Gasteiger partial charge in [-0.1, -0.05) is 29.9 Å². The fourth-order valence-corrected chi connectivity index (χ4v) is 3.88. The first-order valence-corrected chi connectivity index (χ1v) is 8.13. The number of nitrogens with one attached hydrogen (secondary N) is 1. The predicted molar refractivity (Wildman–Crippen MR) is 85.7 cm³/mol. The normalized spacial score (nSPS) is 11.1. The van der Waals surface area contributed by atoms with E-state index in [0.29, 0.717) is 0 Å². The predicted octanol–water partition coefficient (Wildman–Crippen LogP) is 5.19. The van der Waals surface area contributed by atoms with Gasteiger partial charge in [-0.15, -0.1) is 11.3 Å². The van der Waals surface area contributed by atoms with Crippen molar-refractivity contribution in [2.75, 3.05) is 5.32 Å². The van der Waals surface area contributed by atoms with Crippen LogP contribution >= 0.6 is 34.3 Å². The van der Waals surface area contributed by atoms with Gasteiger partial charge in [0.1, 0.15) is 0 Å². The number of hydrogen-bond donors (Lipinski definition) is 1. The van der Waals surface area contributed by atoms with E-state index < -0.39 is 0 Å². The summed E-state index contributed by atoms with van der Waals surface area (Å²) < 4.78 is 1.12. The van der Waals surface area contributed by atoms with Gasteiger partial charge < -0.3 is 5.32 Å². The van der Waals surface area contributed by atoms with Crippen LogP contribution < -0.4 is 5.32 Å². The zero-order valence-electron chi connectivity index (χ0n) is 10.4. The van der Waals surface area contributed by atoms with Gasteiger partial charge >= 0.3 is 0 Å². The Morgan fingerprint density at radius 1 is 1.16 bits per heavy atom. The van der Waals surface area contributed by atoms with E-state index in [-0.39, 0.29) is 0 Å². The molecule has 0 unspecified atom stereocenters. The summed E-state index contributed by atoms with van der Waals surface area (Å²) in [6.07, 6.45) is 1.10. The topological polar surface area (TPSA) is 24.9 Å². The number of thiazole rings is 1. The maximum Gasteiger partial charge on any atom is 0.184 e. The van der Waals surface area contributed by atoms with Crippen molar-refractivity contribution < 1.29 is 0 Å². The third-order valence-electron chi connectivity index (χ3n) is 2.83. The molecule has 3 rings (SSSR count). The summed E-state index contributed by atoms with van der Waals surface area (Å²) in [4.78, 5) is 7.32. The summed E-state index contributed by atoms with van der Waals surface area (Å²) in [5, 5.41) is 5.09. The average molecular weight is 309 g/mol. The van der Waals surface area contributed by atoms with Crippen LogP contribution in [0, 0.1) is 0 Å². The zero-order valence-corrected chi connectivity index (χ0v) is 12.8. The van der Waals surface area contributed by atoms with Crippen LogP contribution in [0.4, 0.5) is 5.13 Å². The molecule has 0 spiro atoms. The Kier molecular flexibility index (Phi) is 3.73. The Morgan fingerprint density at radius 2 is 2.00 bits per heavy atom. The molecule has 1 aromatic carbocycles. The highest BCUT2D eigenvalue weighted by molar-refractivity contribution is 7.22. The molecule has 0 atom stereocenters. The summed E-state index contributed by atoms with van der Waals surface area (Å²) in [6, 6.07) is 10.2. The van der Waals surface area contributed by atoms with Gasteiger partial charge in [0, 0.05) is 14.8 Å². The number of fused-ring (bicyclic) bond motifs is 1. The molecular weight excluding hydrogens is 296 g/mol. The van der Waals surface area contributed by atoms with Crippen molar-refractivity contribution in [3.05, 3.63) is 45.1 Å². The van der Waals surface area contributed by atoms with E-state index in [1.54, 1.807) is 11.3 Å². The van der Waals surface area contributed by atoms with Gasteiger partial charge in [-0.25, -0.2) is 4.98 Å². The van der Waals surface area contributed by atoms with Crippen LogP contribution in [-0.2, 0) is 13.0 Å². The molecule has 2 nitrogen and oxygen atoms in total. The second kappa shape index (κ2) is 5.49. The van der Waals surface area contributed by atoms with Crippen molar-refractivity contribution in [3.8, 4) is 0 Å². The fraction of sp³-hybridized carbons (Fsp3) is 0.214. The van der Waals surface area contributed by atoms with Gasteiger partial charge in [-0.2, -0.15) is 0 Å². The molecule has 5 heteroatoms. The van der Waals surface area contributed by atoms with E-state index in [1.807, 2.05) is 29.5 Å². The number of hydrogen-bond acceptors (Lipinski definition) is 4. The first kappa shape index (κ1) is 12.9. The molecular formula is C14H13ClN2S2.